The number of imidazole rings is 1. The molecule has 2 aromatic carbocycles. The molecule has 25 heavy (non-hydrogen) atoms. The molecule has 0 aliphatic heterocycles. The zero-order valence-corrected chi connectivity index (χ0v) is 14.0. The van der Waals surface area contributed by atoms with Gasteiger partial charge in [0.2, 0.25) is 5.91 Å². The van der Waals surface area contributed by atoms with Crippen molar-refractivity contribution < 1.29 is 4.79 Å². The van der Waals surface area contributed by atoms with Crippen LogP contribution in [0, 0.1) is 0 Å². The molecule has 1 heterocycles. The van der Waals surface area contributed by atoms with Crippen LogP contribution in [-0.4, -0.2) is 22.0 Å². The molecule has 0 atom stereocenters. The fourth-order valence-electron chi connectivity index (χ4n) is 2.59. The molecule has 0 saturated carbocycles. The van der Waals surface area contributed by atoms with Crippen molar-refractivity contribution in [3.8, 4) is 11.4 Å². The molecule has 3 aromatic rings. The lowest BCUT2D eigenvalue weighted by molar-refractivity contribution is -0.116. The first-order chi connectivity index (χ1) is 12.3. The lowest BCUT2D eigenvalue weighted by Gasteiger charge is -2.08. The summed E-state index contributed by atoms with van der Waals surface area (Å²) in [6, 6.07) is 19.9. The van der Waals surface area contributed by atoms with E-state index in [4.69, 9.17) is 0 Å². The molecule has 1 N–H and O–H groups in total. The molecule has 0 fully saturated rings. The summed E-state index contributed by atoms with van der Waals surface area (Å²) in [7, 11) is 0. The molecule has 0 aliphatic carbocycles. The molecule has 1 amide bonds. The zero-order chi connectivity index (χ0) is 17.3. The number of aromatic nitrogens is 2. The predicted octanol–water partition coefficient (Wildman–Crippen LogP) is 3.77. The molecule has 0 saturated heterocycles. The van der Waals surface area contributed by atoms with Gasteiger partial charge >= 0.3 is 0 Å². The number of rotatable bonds is 7. The van der Waals surface area contributed by atoms with Gasteiger partial charge in [-0.1, -0.05) is 60.7 Å². The van der Waals surface area contributed by atoms with Gasteiger partial charge in [-0.05, 0) is 18.1 Å². The molecule has 0 radical (unpaired) electrons. The van der Waals surface area contributed by atoms with Gasteiger partial charge in [0, 0.05) is 37.1 Å². The minimum absolute atomic E-state index is 0.0715. The normalized spacial score (nSPS) is 10.9. The van der Waals surface area contributed by atoms with E-state index in [1.807, 2.05) is 67.0 Å². The quantitative estimate of drug-likeness (QED) is 0.529. The standard InChI is InChI=1S/C21H21N3O/c25-20(13-12-18-8-3-1-4-9-18)22-14-7-16-24-17-15-23-21(24)19-10-5-2-6-11-19/h1-6,8-13,15,17H,7,14,16H2,(H,22,25)/b13-12+. The maximum Gasteiger partial charge on any atom is 0.244 e. The summed E-state index contributed by atoms with van der Waals surface area (Å²) in [6.07, 6.45) is 8.02. The first kappa shape index (κ1) is 16.7. The molecule has 0 unspecified atom stereocenters. The number of hydrogen-bond donors (Lipinski definition) is 1. The Balaban J connectivity index is 1.46. The van der Waals surface area contributed by atoms with Crippen molar-refractivity contribution in [1.82, 2.24) is 14.9 Å². The van der Waals surface area contributed by atoms with Crippen molar-refractivity contribution in [2.75, 3.05) is 6.54 Å². The van der Waals surface area contributed by atoms with Crippen LogP contribution in [0.5, 0.6) is 0 Å². The fraction of sp³-hybridized carbons (Fsp3) is 0.143. The number of hydrogen-bond acceptors (Lipinski definition) is 2. The van der Waals surface area contributed by atoms with Crippen molar-refractivity contribution in [3.05, 3.63) is 84.7 Å². The summed E-state index contributed by atoms with van der Waals surface area (Å²) in [5.74, 6) is 0.883. The third-order valence-electron chi connectivity index (χ3n) is 3.85. The van der Waals surface area contributed by atoms with Crippen LogP contribution in [0.15, 0.2) is 79.1 Å². The largest absolute Gasteiger partial charge is 0.352 e. The van der Waals surface area contributed by atoms with E-state index in [9.17, 15) is 4.79 Å². The van der Waals surface area contributed by atoms with Crippen LogP contribution in [0.2, 0.25) is 0 Å². The van der Waals surface area contributed by atoms with Gasteiger partial charge in [0.25, 0.3) is 0 Å². The lowest BCUT2D eigenvalue weighted by atomic mass is 10.2. The molecule has 0 bridgehead atoms. The van der Waals surface area contributed by atoms with E-state index in [2.05, 4.69) is 27.0 Å². The Morgan fingerprint density at radius 3 is 2.52 bits per heavy atom. The average molecular weight is 331 g/mol. The second-order valence-electron chi connectivity index (χ2n) is 5.70. The highest BCUT2D eigenvalue weighted by atomic mass is 16.1. The summed E-state index contributed by atoms with van der Waals surface area (Å²) in [5, 5.41) is 2.92. The summed E-state index contributed by atoms with van der Waals surface area (Å²) in [6.45, 7) is 1.44. The van der Waals surface area contributed by atoms with Crippen LogP contribution in [0.25, 0.3) is 17.5 Å². The third kappa shape index (κ3) is 4.91. The zero-order valence-electron chi connectivity index (χ0n) is 14.0. The predicted molar refractivity (Wildman–Crippen MR) is 101 cm³/mol. The van der Waals surface area contributed by atoms with E-state index in [0.717, 1.165) is 29.9 Å². The number of aryl methyl sites for hydroxylation is 1. The lowest BCUT2D eigenvalue weighted by Crippen LogP contribution is -2.23. The number of benzene rings is 2. The molecular formula is C21H21N3O. The molecule has 3 rings (SSSR count). The number of amides is 1. The third-order valence-corrected chi connectivity index (χ3v) is 3.85. The van der Waals surface area contributed by atoms with Gasteiger partial charge in [-0.3, -0.25) is 4.79 Å². The summed E-state index contributed by atoms with van der Waals surface area (Å²) >= 11 is 0. The second-order valence-corrected chi connectivity index (χ2v) is 5.70. The monoisotopic (exact) mass is 331 g/mol. The van der Waals surface area contributed by atoms with Gasteiger partial charge in [-0.2, -0.15) is 0 Å². The first-order valence-electron chi connectivity index (χ1n) is 8.40. The minimum Gasteiger partial charge on any atom is -0.352 e. The highest BCUT2D eigenvalue weighted by molar-refractivity contribution is 5.91. The summed E-state index contributed by atoms with van der Waals surface area (Å²) in [4.78, 5) is 16.3. The van der Waals surface area contributed by atoms with Crippen LogP contribution in [0.4, 0.5) is 0 Å². The Hall–Kier alpha value is -3.14. The summed E-state index contributed by atoms with van der Waals surface area (Å²) < 4.78 is 2.11. The van der Waals surface area contributed by atoms with Crippen LogP contribution >= 0.6 is 0 Å². The van der Waals surface area contributed by atoms with Crippen LogP contribution in [0.1, 0.15) is 12.0 Å². The maximum absolute atomic E-state index is 11.8. The second kappa shape index (κ2) is 8.64. The van der Waals surface area contributed by atoms with Crippen molar-refractivity contribution in [2.24, 2.45) is 0 Å². The van der Waals surface area contributed by atoms with Gasteiger partial charge in [-0.25, -0.2) is 4.98 Å². The fourth-order valence-corrected chi connectivity index (χ4v) is 2.59. The average Bonchev–Trinajstić information content (AvgIpc) is 3.14. The van der Waals surface area contributed by atoms with Gasteiger partial charge in [0.15, 0.2) is 0 Å². The maximum atomic E-state index is 11.8. The molecule has 0 aliphatic rings. The van der Waals surface area contributed by atoms with Gasteiger partial charge in [0.1, 0.15) is 5.82 Å². The Bertz CT molecular complexity index is 823. The SMILES string of the molecule is O=C(/C=C/c1ccccc1)NCCCn1ccnc1-c1ccccc1. The molecular weight excluding hydrogens is 310 g/mol. The van der Waals surface area contributed by atoms with Crippen LogP contribution in [0.3, 0.4) is 0 Å². The minimum atomic E-state index is -0.0715. The number of carbonyl (C=O) groups excluding carboxylic acids is 1. The number of nitrogens with one attached hydrogen (secondary N) is 1. The van der Waals surface area contributed by atoms with Crippen LogP contribution < -0.4 is 5.32 Å². The Morgan fingerprint density at radius 2 is 1.76 bits per heavy atom. The van der Waals surface area contributed by atoms with E-state index in [0.29, 0.717) is 6.54 Å². The van der Waals surface area contributed by atoms with E-state index < -0.39 is 0 Å². The van der Waals surface area contributed by atoms with Crippen molar-refractivity contribution in [2.45, 2.75) is 13.0 Å². The molecule has 4 nitrogen and oxygen atoms in total. The Kier molecular flexibility index (Phi) is 5.77. The highest BCUT2D eigenvalue weighted by Gasteiger charge is 2.04. The summed E-state index contributed by atoms with van der Waals surface area (Å²) in [5.41, 5.74) is 2.12. The van der Waals surface area contributed by atoms with Gasteiger partial charge in [-0.15, -0.1) is 0 Å². The van der Waals surface area contributed by atoms with Gasteiger partial charge < -0.3 is 9.88 Å². The Labute approximate surface area is 147 Å². The van der Waals surface area contributed by atoms with E-state index in [1.165, 1.54) is 0 Å². The molecule has 1 aromatic heterocycles. The smallest absolute Gasteiger partial charge is 0.244 e. The van der Waals surface area contributed by atoms with Crippen LogP contribution in [-0.2, 0) is 11.3 Å². The number of nitrogens with zero attached hydrogens (tertiary/aromatic N) is 2. The van der Waals surface area contributed by atoms with Crippen molar-refractivity contribution >= 4 is 12.0 Å². The molecule has 0 spiro atoms. The van der Waals surface area contributed by atoms with E-state index >= 15 is 0 Å². The first-order valence-corrected chi connectivity index (χ1v) is 8.40. The molecule has 126 valence electrons. The van der Waals surface area contributed by atoms with E-state index in [-0.39, 0.29) is 5.91 Å². The Morgan fingerprint density at radius 1 is 1.04 bits per heavy atom. The number of carbonyl (C=O) groups is 1. The topological polar surface area (TPSA) is 46.9 Å². The highest BCUT2D eigenvalue weighted by Crippen LogP contribution is 2.16. The van der Waals surface area contributed by atoms with Gasteiger partial charge in [0.05, 0.1) is 0 Å². The molecule has 4 heteroatoms. The van der Waals surface area contributed by atoms with Crippen molar-refractivity contribution in [3.63, 3.8) is 0 Å². The van der Waals surface area contributed by atoms with Crippen molar-refractivity contribution in [1.29, 1.82) is 0 Å². The van der Waals surface area contributed by atoms with E-state index in [1.54, 1.807) is 6.08 Å².